The normalized spacial score (nSPS) is 12.0. The minimum Gasteiger partial charge on any atom is -0.443 e. The van der Waals surface area contributed by atoms with E-state index in [1.807, 2.05) is 17.7 Å². The first-order valence-electron chi connectivity index (χ1n) is 8.40. The summed E-state index contributed by atoms with van der Waals surface area (Å²) in [5, 5.41) is 0.498. The summed E-state index contributed by atoms with van der Waals surface area (Å²) in [6.45, 7) is 5.34. The van der Waals surface area contributed by atoms with Crippen molar-refractivity contribution in [3.63, 3.8) is 0 Å². The molecule has 0 bridgehead atoms. The fraction of sp³-hybridized carbons (Fsp3) is 0.263. The Balaban J connectivity index is 1.91. The van der Waals surface area contributed by atoms with Gasteiger partial charge in [-0.2, -0.15) is 0 Å². The molecule has 0 N–H and O–H groups in total. The Bertz CT molecular complexity index is 1190. The number of halogens is 1. The number of aryl methyl sites for hydroxylation is 1. The molecule has 4 rings (SSSR count). The molecular formula is C19H18FN5O2. The monoisotopic (exact) mass is 367 g/mol. The molecule has 0 aromatic carbocycles. The maximum absolute atomic E-state index is 13.9. The number of carbonyl (C=O) groups excluding carboxylic acids is 1. The van der Waals surface area contributed by atoms with Gasteiger partial charge in [-0.3, -0.25) is 0 Å². The average molecular weight is 367 g/mol. The molecule has 8 heteroatoms. The van der Waals surface area contributed by atoms with Crippen molar-refractivity contribution in [2.75, 3.05) is 0 Å². The first-order chi connectivity index (χ1) is 12.7. The summed E-state index contributed by atoms with van der Waals surface area (Å²) in [6, 6.07) is 3.20. The maximum atomic E-state index is 13.9. The highest BCUT2D eigenvalue weighted by molar-refractivity contribution is 5.99. The zero-order chi connectivity index (χ0) is 19.3. The summed E-state index contributed by atoms with van der Waals surface area (Å²) < 4.78 is 22.4. The van der Waals surface area contributed by atoms with Crippen LogP contribution in [0.2, 0.25) is 0 Å². The third-order valence-corrected chi connectivity index (χ3v) is 4.06. The quantitative estimate of drug-likeness (QED) is 0.510. The fourth-order valence-corrected chi connectivity index (χ4v) is 2.93. The van der Waals surface area contributed by atoms with Gasteiger partial charge in [0.05, 0.1) is 12.5 Å². The lowest BCUT2D eigenvalue weighted by Gasteiger charge is -2.19. The molecule has 4 heterocycles. The molecule has 4 aromatic heterocycles. The Morgan fingerprint density at radius 1 is 1.11 bits per heavy atom. The maximum Gasteiger partial charge on any atom is 0.420 e. The van der Waals surface area contributed by atoms with Crippen LogP contribution in [0, 0.1) is 5.82 Å². The molecule has 0 unspecified atom stereocenters. The summed E-state index contributed by atoms with van der Waals surface area (Å²) in [4.78, 5) is 25.4. The van der Waals surface area contributed by atoms with Crippen molar-refractivity contribution in [1.82, 2.24) is 24.1 Å². The molecule has 0 radical (unpaired) electrons. The van der Waals surface area contributed by atoms with Gasteiger partial charge in [-0.25, -0.2) is 28.7 Å². The molecule has 7 nitrogen and oxygen atoms in total. The zero-order valence-corrected chi connectivity index (χ0v) is 15.4. The fourth-order valence-electron chi connectivity index (χ4n) is 2.93. The van der Waals surface area contributed by atoms with Gasteiger partial charge < -0.3 is 9.30 Å². The zero-order valence-electron chi connectivity index (χ0n) is 15.4. The lowest BCUT2D eigenvalue weighted by molar-refractivity contribution is 0.0543. The molecular weight excluding hydrogens is 349 g/mol. The van der Waals surface area contributed by atoms with Crippen molar-refractivity contribution < 1.29 is 13.9 Å². The number of carbonyl (C=O) groups is 1. The number of ether oxygens (including phenoxy) is 1. The van der Waals surface area contributed by atoms with Gasteiger partial charge in [-0.1, -0.05) is 0 Å². The Kier molecular flexibility index (Phi) is 3.73. The number of hydrogen-bond acceptors (Lipinski definition) is 5. The lowest BCUT2D eigenvalue weighted by atomic mass is 10.1. The topological polar surface area (TPSA) is 74.8 Å². The van der Waals surface area contributed by atoms with Crippen LogP contribution in [0.1, 0.15) is 20.8 Å². The van der Waals surface area contributed by atoms with Gasteiger partial charge >= 0.3 is 6.09 Å². The van der Waals surface area contributed by atoms with E-state index in [0.29, 0.717) is 27.7 Å². The molecule has 0 atom stereocenters. The smallest absolute Gasteiger partial charge is 0.420 e. The van der Waals surface area contributed by atoms with E-state index < -0.39 is 17.5 Å². The van der Waals surface area contributed by atoms with Gasteiger partial charge in [0, 0.05) is 36.0 Å². The van der Waals surface area contributed by atoms with Gasteiger partial charge in [0.1, 0.15) is 22.6 Å². The predicted molar refractivity (Wildman–Crippen MR) is 98.8 cm³/mol. The van der Waals surface area contributed by atoms with Crippen molar-refractivity contribution in [2.45, 2.75) is 26.4 Å². The van der Waals surface area contributed by atoms with Gasteiger partial charge in [0.25, 0.3) is 0 Å². The highest BCUT2D eigenvalue weighted by Crippen LogP contribution is 2.31. The second kappa shape index (κ2) is 5.87. The summed E-state index contributed by atoms with van der Waals surface area (Å²) >= 11 is 0. The summed E-state index contributed by atoms with van der Waals surface area (Å²) in [7, 11) is 1.86. The number of nitrogens with zero attached hydrogens (tertiary/aromatic N) is 5. The number of rotatable bonds is 1. The summed E-state index contributed by atoms with van der Waals surface area (Å²) in [6.07, 6.45) is 5.43. The highest BCUT2D eigenvalue weighted by Gasteiger charge is 2.22. The van der Waals surface area contributed by atoms with Crippen LogP contribution >= 0.6 is 0 Å². The van der Waals surface area contributed by atoms with E-state index in [2.05, 4.69) is 15.0 Å². The second-order valence-electron chi connectivity index (χ2n) is 7.34. The molecule has 0 aliphatic rings. The molecule has 0 saturated carbocycles. The molecule has 0 aliphatic heterocycles. The van der Waals surface area contributed by atoms with E-state index in [1.54, 1.807) is 39.5 Å². The molecule has 138 valence electrons. The summed E-state index contributed by atoms with van der Waals surface area (Å²) in [5.41, 5.74) is 2.43. The Morgan fingerprint density at radius 3 is 2.59 bits per heavy atom. The molecule has 0 fully saturated rings. The molecule has 0 spiro atoms. The molecule has 0 aliphatic carbocycles. The number of imidazole rings is 1. The SMILES string of the molecule is Cn1cnc2cc(-c3cn(C(=O)OC(C)(C)C)c4ncc(F)cc34)cnc21. The van der Waals surface area contributed by atoms with E-state index in [1.165, 1.54) is 10.6 Å². The molecule has 0 saturated heterocycles. The van der Waals surface area contributed by atoms with Crippen molar-refractivity contribution >= 4 is 28.3 Å². The van der Waals surface area contributed by atoms with Crippen molar-refractivity contribution in [3.8, 4) is 11.1 Å². The van der Waals surface area contributed by atoms with Crippen LogP contribution in [0.3, 0.4) is 0 Å². The van der Waals surface area contributed by atoms with Crippen LogP contribution in [0.5, 0.6) is 0 Å². The first-order valence-corrected chi connectivity index (χ1v) is 8.40. The largest absolute Gasteiger partial charge is 0.443 e. The number of hydrogen-bond donors (Lipinski definition) is 0. The third-order valence-electron chi connectivity index (χ3n) is 4.06. The van der Waals surface area contributed by atoms with Crippen LogP contribution in [0.15, 0.2) is 37.1 Å². The second-order valence-corrected chi connectivity index (χ2v) is 7.34. The van der Waals surface area contributed by atoms with Gasteiger partial charge in [0.15, 0.2) is 5.65 Å². The van der Waals surface area contributed by atoms with Gasteiger partial charge in [0.2, 0.25) is 0 Å². The van der Waals surface area contributed by atoms with Crippen molar-refractivity contribution in [2.24, 2.45) is 7.05 Å². The van der Waals surface area contributed by atoms with E-state index in [-0.39, 0.29) is 0 Å². The first kappa shape index (κ1) is 17.1. The summed E-state index contributed by atoms with van der Waals surface area (Å²) in [5.74, 6) is -0.488. The Hall–Kier alpha value is -3.29. The van der Waals surface area contributed by atoms with E-state index in [9.17, 15) is 9.18 Å². The highest BCUT2D eigenvalue weighted by atomic mass is 19.1. The van der Waals surface area contributed by atoms with Crippen molar-refractivity contribution in [1.29, 1.82) is 0 Å². The van der Waals surface area contributed by atoms with Crippen LogP contribution in [0.4, 0.5) is 9.18 Å². The van der Waals surface area contributed by atoms with Crippen LogP contribution < -0.4 is 0 Å². The van der Waals surface area contributed by atoms with Crippen molar-refractivity contribution in [3.05, 3.63) is 42.9 Å². The lowest BCUT2D eigenvalue weighted by Crippen LogP contribution is -2.26. The van der Waals surface area contributed by atoms with Gasteiger partial charge in [-0.15, -0.1) is 0 Å². The molecule has 0 amide bonds. The van der Waals surface area contributed by atoms with E-state index in [4.69, 9.17) is 4.74 Å². The minimum atomic E-state index is -0.664. The minimum absolute atomic E-state index is 0.321. The molecule has 27 heavy (non-hydrogen) atoms. The predicted octanol–water partition coefficient (Wildman–Crippen LogP) is 3.91. The van der Waals surface area contributed by atoms with E-state index in [0.717, 1.165) is 11.8 Å². The Labute approximate surface area is 154 Å². The molecule has 4 aromatic rings. The van der Waals surface area contributed by atoms with E-state index >= 15 is 0 Å². The Morgan fingerprint density at radius 2 is 1.85 bits per heavy atom. The standard InChI is InChI=1S/C19H18FN5O2/c1-19(2,3)27-18(26)25-9-14(13-6-12(20)8-22-16(13)25)11-5-15-17(21-7-11)24(4)10-23-15/h5-10H,1-4H3. The number of aromatic nitrogens is 5. The van der Waals surface area contributed by atoms with Crippen LogP contribution in [-0.4, -0.2) is 35.8 Å². The number of fused-ring (bicyclic) bond motifs is 2. The van der Waals surface area contributed by atoms with Gasteiger partial charge in [-0.05, 0) is 32.9 Å². The third kappa shape index (κ3) is 3.03. The van der Waals surface area contributed by atoms with Crippen LogP contribution in [-0.2, 0) is 11.8 Å². The number of pyridine rings is 2. The van der Waals surface area contributed by atoms with Crippen LogP contribution in [0.25, 0.3) is 33.3 Å². The average Bonchev–Trinajstić information content (AvgIpc) is 3.14.